The van der Waals surface area contributed by atoms with Gasteiger partial charge in [-0.1, -0.05) is 24.3 Å². The first kappa shape index (κ1) is 19.2. The molecule has 2 aliphatic rings. The molecule has 0 bridgehead atoms. The predicted octanol–water partition coefficient (Wildman–Crippen LogP) is 3.11. The van der Waals surface area contributed by atoms with E-state index in [0.717, 1.165) is 62.0 Å². The zero-order valence-corrected chi connectivity index (χ0v) is 17.9. The van der Waals surface area contributed by atoms with Gasteiger partial charge in [0.25, 0.3) is 5.78 Å². The van der Waals surface area contributed by atoms with Crippen molar-refractivity contribution in [1.82, 2.24) is 24.8 Å². The summed E-state index contributed by atoms with van der Waals surface area (Å²) in [4.78, 5) is 7.08. The molecule has 8 nitrogen and oxygen atoms in total. The van der Waals surface area contributed by atoms with Gasteiger partial charge in [-0.25, -0.2) is 4.98 Å². The normalized spacial score (nSPS) is 17.5. The lowest BCUT2D eigenvalue weighted by molar-refractivity contribution is 0.122. The minimum Gasteiger partial charge on any atom is -0.497 e. The van der Waals surface area contributed by atoms with Crippen LogP contribution in [0.4, 0.5) is 5.69 Å². The Morgan fingerprint density at radius 2 is 1.69 bits per heavy atom. The van der Waals surface area contributed by atoms with Crippen molar-refractivity contribution in [2.75, 3.05) is 38.3 Å². The Hall–Kier alpha value is -3.52. The summed E-state index contributed by atoms with van der Waals surface area (Å²) in [6.07, 6.45) is 3.84. The summed E-state index contributed by atoms with van der Waals surface area (Å²) in [5.41, 5.74) is 4.06. The molecule has 2 fully saturated rings. The molecule has 0 radical (unpaired) electrons. The number of hydrogen-bond donors (Lipinski definition) is 0. The average Bonchev–Trinajstić information content (AvgIpc) is 3.56. The van der Waals surface area contributed by atoms with Gasteiger partial charge >= 0.3 is 0 Å². The van der Waals surface area contributed by atoms with Crippen molar-refractivity contribution in [3.63, 3.8) is 0 Å². The summed E-state index contributed by atoms with van der Waals surface area (Å²) in [5.74, 6) is 2.22. The summed E-state index contributed by atoms with van der Waals surface area (Å²) in [7, 11) is 1.68. The largest absolute Gasteiger partial charge is 0.497 e. The Bertz CT molecular complexity index is 1240. The van der Waals surface area contributed by atoms with Gasteiger partial charge in [-0.15, -0.1) is 10.2 Å². The van der Waals surface area contributed by atoms with Crippen molar-refractivity contribution < 1.29 is 9.47 Å². The number of nitrogens with zero attached hydrogens (tertiary/aromatic N) is 6. The average molecular weight is 428 g/mol. The molecule has 0 atom stereocenters. The number of hydrogen-bond acceptors (Lipinski definition) is 7. The quantitative estimate of drug-likeness (QED) is 0.483. The van der Waals surface area contributed by atoms with Gasteiger partial charge in [0.1, 0.15) is 5.75 Å². The monoisotopic (exact) mass is 428 g/mol. The third-order valence-corrected chi connectivity index (χ3v) is 6.50. The Balaban J connectivity index is 1.29. The van der Waals surface area contributed by atoms with Crippen LogP contribution < -0.4 is 9.64 Å². The van der Waals surface area contributed by atoms with E-state index in [1.165, 1.54) is 11.3 Å². The van der Waals surface area contributed by atoms with E-state index in [0.29, 0.717) is 5.78 Å². The van der Waals surface area contributed by atoms with Crippen LogP contribution in [-0.2, 0) is 10.2 Å². The fourth-order valence-electron chi connectivity index (χ4n) is 4.48. The van der Waals surface area contributed by atoms with Crippen LogP contribution >= 0.6 is 0 Å². The number of ether oxygens (including phenoxy) is 2. The van der Waals surface area contributed by atoms with Crippen molar-refractivity contribution in [3.05, 3.63) is 66.1 Å². The van der Waals surface area contributed by atoms with Crippen LogP contribution in [0.2, 0.25) is 0 Å². The van der Waals surface area contributed by atoms with E-state index in [9.17, 15) is 0 Å². The molecule has 0 amide bonds. The van der Waals surface area contributed by atoms with Gasteiger partial charge in [0.05, 0.1) is 37.6 Å². The van der Waals surface area contributed by atoms with E-state index in [1.54, 1.807) is 17.8 Å². The van der Waals surface area contributed by atoms with Crippen LogP contribution in [0.25, 0.3) is 17.0 Å². The predicted molar refractivity (Wildman–Crippen MR) is 120 cm³/mol. The molecule has 8 heteroatoms. The third-order valence-electron chi connectivity index (χ3n) is 6.50. The van der Waals surface area contributed by atoms with Crippen molar-refractivity contribution >= 4 is 11.5 Å². The fraction of sp³-hybridized carbons (Fsp3) is 0.333. The van der Waals surface area contributed by atoms with E-state index in [1.807, 2.05) is 12.1 Å². The van der Waals surface area contributed by atoms with Crippen LogP contribution in [0.15, 0.2) is 54.7 Å². The van der Waals surface area contributed by atoms with Gasteiger partial charge in [0.2, 0.25) is 0 Å². The maximum Gasteiger partial charge on any atom is 0.272 e. The summed E-state index contributed by atoms with van der Waals surface area (Å²) in [5, 5.41) is 13.5. The molecule has 1 aliphatic carbocycles. The Morgan fingerprint density at radius 1 is 0.938 bits per heavy atom. The number of aromatic nitrogens is 5. The zero-order valence-electron chi connectivity index (χ0n) is 17.9. The van der Waals surface area contributed by atoms with Crippen LogP contribution in [-0.4, -0.2) is 58.2 Å². The van der Waals surface area contributed by atoms with Crippen molar-refractivity contribution in [2.24, 2.45) is 0 Å². The molecular formula is C24H24N6O2. The minimum atomic E-state index is -0.151. The molecule has 0 spiro atoms. The Morgan fingerprint density at radius 3 is 2.38 bits per heavy atom. The summed E-state index contributed by atoms with van der Waals surface area (Å²) in [6.45, 7) is 3.39. The maximum atomic E-state index is 5.44. The van der Waals surface area contributed by atoms with E-state index in [-0.39, 0.29) is 5.41 Å². The first-order valence-electron chi connectivity index (χ1n) is 10.9. The van der Waals surface area contributed by atoms with E-state index in [4.69, 9.17) is 14.5 Å². The number of morpholine rings is 1. The SMILES string of the molecule is COc1ccc(C2(c3nnc4nc(-c5ccc(N6CCOCC6)cc5)cnn34)CC2)cc1. The highest BCUT2D eigenvalue weighted by Crippen LogP contribution is 2.52. The molecule has 1 saturated heterocycles. The van der Waals surface area contributed by atoms with E-state index >= 15 is 0 Å². The molecular weight excluding hydrogens is 404 g/mol. The van der Waals surface area contributed by atoms with Gasteiger partial charge < -0.3 is 14.4 Å². The molecule has 0 N–H and O–H groups in total. The zero-order chi connectivity index (χ0) is 21.5. The highest BCUT2D eigenvalue weighted by molar-refractivity contribution is 5.63. The topological polar surface area (TPSA) is 77.7 Å². The fourth-order valence-corrected chi connectivity index (χ4v) is 4.48. The molecule has 6 rings (SSSR count). The second kappa shape index (κ2) is 7.56. The molecule has 3 heterocycles. The molecule has 2 aromatic heterocycles. The van der Waals surface area contributed by atoms with Crippen molar-refractivity contribution in [1.29, 1.82) is 0 Å². The van der Waals surface area contributed by atoms with Crippen molar-refractivity contribution in [3.8, 4) is 17.0 Å². The van der Waals surface area contributed by atoms with Gasteiger partial charge in [-0.05, 0) is 42.7 Å². The molecule has 1 aliphatic heterocycles. The number of rotatable bonds is 5. The van der Waals surface area contributed by atoms with Gasteiger partial charge in [0, 0.05) is 24.3 Å². The van der Waals surface area contributed by atoms with E-state index < -0.39 is 0 Å². The van der Waals surface area contributed by atoms with E-state index in [2.05, 4.69) is 56.6 Å². The Labute approximate surface area is 185 Å². The van der Waals surface area contributed by atoms with Gasteiger partial charge in [-0.2, -0.15) is 9.61 Å². The lowest BCUT2D eigenvalue weighted by Gasteiger charge is -2.28. The van der Waals surface area contributed by atoms with Crippen LogP contribution in [0.1, 0.15) is 24.2 Å². The first-order valence-corrected chi connectivity index (χ1v) is 10.9. The lowest BCUT2D eigenvalue weighted by Crippen LogP contribution is -2.36. The highest BCUT2D eigenvalue weighted by Gasteiger charge is 2.50. The van der Waals surface area contributed by atoms with Gasteiger partial charge in [0.15, 0.2) is 5.82 Å². The first-order chi connectivity index (χ1) is 15.8. The molecule has 4 aromatic rings. The number of anilines is 1. The standard InChI is InChI=1S/C24H24N6O2/c1-31-20-8-4-18(5-9-20)24(10-11-24)22-27-28-23-26-21(16-25-30(22)23)17-2-6-19(7-3-17)29-12-14-32-15-13-29/h2-9,16H,10-15H2,1H3. The molecule has 2 aromatic carbocycles. The molecule has 162 valence electrons. The second-order valence-corrected chi connectivity index (χ2v) is 8.33. The number of fused-ring (bicyclic) bond motifs is 1. The van der Waals surface area contributed by atoms with Crippen LogP contribution in [0, 0.1) is 0 Å². The molecule has 1 saturated carbocycles. The summed E-state index contributed by atoms with van der Waals surface area (Å²) < 4.78 is 12.5. The van der Waals surface area contributed by atoms with Crippen LogP contribution in [0.3, 0.4) is 0 Å². The Kier molecular flexibility index (Phi) is 4.53. The van der Waals surface area contributed by atoms with Gasteiger partial charge in [-0.3, -0.25) is 0 Å². The second-order valence-electron chi connectivity index (χ2n) is 8.33. The summed E-state index contributed by atoms with van der Waals surface area (Å²) >= 11 is 0. The maximum absolute atomic E-state index is 5.44. The highest BCUT2D eigenvalue weighted by atomic mass is 16.5. The number of methoxy groups -OCH3 is 1. The number of benzene rings is 2. The molecule has 0 unspecified atom stereocenters. The smallest absolute Gasteiger partial charge is 0.272 e. The van der Waals surface area contributed by atoms with Crippen molar-refractivity contribution in [2.45, 2.75) is 18.3 Å². The minimum absolute atomic E-state index is 0.151. The molecule has 32 heavy (non-hydrogen) atoms. The van der Waals surface area contributed by atoms with Crippen LogP contribution in [0.5, 0.6) is 5.75 Å². The third kappa shape index (κ3) is 3.18. The summed E-state index contributed by atoms with van der Waals surface area (Å²) in [6, 6.07) is 16.6. The lowest BCUT2D eigenvalue weighted by atomic mass is 9.95.